The predicted molar refractivity (Wildman–Crippen MR) is 110 cm³/mol. The number of anilines is 1. The maximum atomic E-state index is 13.1. The number of carbonyl (C=O) groups is 3. The Hall–Kier alpha value is -2.15. The van der Waals surface area contributed by atoms with E-state index in [2.05, 4.69) is 12.2 Å². The summed E-state index contributed by atoms with van der Waals surface area (Å²) < 4.78 is 5.40. The van der Waals surface area contributed by atoms with Crippen molar-refractivity contribution in [3.63, 3.8) is 0 Å². The van der Waals surface area contributed by atoms with Crippen molar-refractivity contribution in [3.8, 4) is 0 Å². The van der Waals surface area contributed by atoms with Crippen molar-refractivity contribution in [3.05, 3.63) is 28.2 Å². The van der Waals surface area contributed by atoms with Gasteiger partial charge in [-0.15, -0.1) is 11.3 Å². The number of rotatable bonds is 6. The third-order valence-corrected chi connectivity index (χ3v) is 7.61. The molecule has 3 aliphatic rings. The molecular weight excluding hydrogens is 390 g/mol. The fourth-order valence-corrected chi connectivity index (χ4v) is 6.44. The van der Waals surface area contributed by atoms with E-state index in [1.807, 2.05) is 19.1 Å². The third kappa shape index (κ3) is 3.61. The summed E-state index contributed by atoms with van der Waals surface area (Å²) in [6.07, 6.45) is 8.02. The van der Waals surface area contributed by atoms with Crippen LogP contribution in [0.5, 0.6) is 0 Å². The Morgan fingerprint density at radius 2 is 1.97 bits per heavy atom. The molecule has 0 aliphatic heterocycles. The monoisotopic (exact) mass is 417 g/mol. The van der Waals surface area contributed by atoms with Crippen LogP contribution >= 0.6 is 11.3 Å². The normalized spacial score (nSPS) is 29.5. The Labute approximate surface area is 174 Å². The van der Waals surface area contributed by atoms with Gasteiger partial charge in [-0.05, 0) is 55.4 Å². The first-order valence-corrected chi connectivity index (χ1v) is 11.3. The molecule has 0 aromatic carbocycles. The van der Waals surface area contributed by atoms with Crippen molar-refractivity contribution in [2.45, 2.75) is 46.0 Å². The molecule has 6 nitrogen and oxygen atoms in total. The van der Waals surface area contributed by atoms with Crippen LogP contribution in [0.25, 0.3) is 0 Å². The number of fused-ring (bicyclic) bond motifs is 3. The van der Waals surface area contributed by atoms with Crippen molar-refractivity contribution in [1.82, 2.24) is 0 Å². The maximum absolute atomic E-state index is 13.1. The van der Waals surface area contributed by atoms with Gasteiger partial charge in [-0.3, -0.25) is 9.59 Å². The number of carbonyl (C=O) groups excluding carboxylic acids is 2. The van der Waals surface area contributed by atoms with Crippen LogP contribution in [0, 0.1) is 29.6 Å². The predicted octanol–water partition coefficient (Wildman–Crippen LogP) is 3.90. The van der Waals surface area contributed by atoms with Gasteiger partial charge in [0.2, 0.25) is 5.91 Å². The molecule has 1 fully saturated rings. The average molecular weight is 418 g/mol. The Morgan fingerprint density at radius 1 is 1.24 bits per heavy atom. The average Bonchev–Trinajstić information content (AvgIpc) is 3.37. The van der Waals surface area contributed by atoms with Crippen molar-refractivity contribution >= 4 is 34.2 Å². The zero-order chi connectivity index (χ0) is 20.7. The van der Waals surface area contributed by atoms with Gasteiger partial charge in [0.05, 0.1) is 24.0 Å². The summed E-state index contributed by atoms with van der Waals surface area (Å²) in [7, 11) is 0. The highest BCUT2D eigenvalue weighted by Gasteiger charge is 2.51. The van der Waals surface area contributed by atoms with E-state index in [-0.39, 0.29) is 17.7 Å². The molecule has 156 valence electrons. The van der Waals surface area contributed by atoms with Crippen molar-refractivity contribution in [1.29, 1.82) is 0 Å². The number of esters is 1. The second-order valence-corrected chi connectivity index (χ2v) is 9.62. The number of nitrogens with one attached hydrogen (secondary N) is 1. The van der Waals surface area contributed by atoms with Crippen molar-refractivity contribution in [2.75, 3.05) is 11.9 Å². The lowest BCUT2D eigenvalue weighted by Gasteiger charge is -2.23. The van der Waals surface area contributed by atoms with Crippen LogP contribution in [0.4, 0.5) is 5.00 Å². The van der Waals surface area contributed by atoms with Gasteiger partial charge in [0.1, 0.15) is 5.00 Å². The van der Waals surface area contributed by atoms with E-state index in [1.165, 1.54) is 11.3 Å². The van der Waals surface area contributed by atoms with E-state index in [4.69, 9.17) is 4.74 Å². The number of hydrogen-bond acceptors (Lipinski definition) is 5. The van der Waals surface area contributed by atoms with E-state index in [1.54, 1.807) is 0 Å². The van der Waals surface area contributed by atoms with Gasteiger partial charge in [0.15, 0.2) is 0 Å². The summed E-state index contributed by atoms with van der Waals surface area (Å²) in [6.45, 7) is 4.47. The highest BCUT2D eigenvalue weighted by molar-refractivity contribution is 7.17. The van der Waals surface area contributed by atoms with Crippen LogP contribution in [0.1, 0.15) is 53.9 Å². The molecular formula is C22H27NO5S. The third-order valence-electron chi connectivity index (χ3n) is 6.44. The molecule has 7 heteroatoms. The molecule has 1 heterocycles. The van der Waals surface area contributed by atoms with Gasteiger partial charge in [-0.25, -0.2) is 4.79 Å². The van der Waals surface area contributed by atoms with Crippen LogP contribution < -0.4 is 5.32 Å². The number of carboxylic acids is 1. The molecule has 2 bridgehead atoms. The minimum absolute atomic E-state index is 0.0498. The highest BCUT2D eigenvalue weighted by Crippen LogP contribution is 2.49. The van der Waals surface area contributed by atoms with E-state index in [0.29, 0.717) is 29.5 Å². The van der Waals surface area contributed by atoms with Gasteiger partial charge in [0.25, 0.3) is 0 Å². The second kappa shape index (κ2) is 7.94. The molecule has 0 radical (unpaired) electrons. The molecule has 0 saturated heterocycles. The van der Waals surface area contributed by atoms with Crippen molar-refractivity contribution < 1.29 is 24.2 Å². The summed E-state index contributed by atoms with van der Waals surface area (Å²) in [6, 6.07) is 0. The van der Waals surface area contributed by atoms with E-state index in [9.17, 15) is 19.5 Å². The second-order valence-electron chi connectivity index (χ2n) is 8.52. The summed E-state index contributed by atoms with van der Waals surface area (Å²) in [5, 5.41) is 13.1. The molecule has 1 saturated carbocycles. The van der Waals surface area contributed by atoms with Gasteiger partial charge in [0, 0.05) is 4.88 Å². The lowest BCUT2D eigenvalue weighted by molar-refractivity contribution is -0.146. The number of hydrogen-bond donors (Lipinski definition) is 2. The van der Waals surface area contributed by atoms with E-state index in [0.717, 1.165) is 36.1 Å². The summed E-state index contributed by atoms with van der Waals surface area (Å²) in [5.41, 5.74) is 1.47. The number of thiophene rings is 1. The molecule has 29 heavy (non-hydrogen) atoms. The fraction of sp³-hybridized carbons (Fsp3) is 0.591. The van der Waals surface area contributed by atoms with Crippen LogP contribution in [0.3, 0.4) is 0 Å². The molecule has 3 aliphatic carbocycles. The van der Waals surface area contributed by atoms with Crippen LogP contribution in [-0.4, -0.2) is 29.6 Å². The first-order valence-electron chi connectivity index (χ1n) is 10.4. The summed E-state index contributed by atoms with van der Waals surface area (Å²) in [4.78, 5) is 38.8. The van der Waals surface area contributed by atoms with Gasteiger partial charge < -0.3 is 15.2 Å². The molecule has 4 rings (SSSR count). The Bertz CT molecular complexity index is 873. The molecule has 1 aromatic rings. The number of ether oxygens (including phenoxy) is 1. The van der Waals surface area contributed by atoms with Crippen LogP contribution in [-0.2, 0) is 27.2 Å². The molecule has 1 aromatic heterocycles. The first kappa shape index (κ1) is 20.1. The van der Waals surface area contributed by atoms with E-state index < -0.39 is 23.8 Å². The topological polar surface area (TPSA) is 92.7 Å². The summed E-state index contributed by atoms with van der Waals surface area (Å²) >= 11 is 1.45. The van der Waals surface area contributed by atoms with E-state index >= 15 is 0 Å². The number of allylic oxidation sites excluding steroid dienone is 2. The quantitative estimate of drug-likeness (QED) is 0.541. The van der Waals surface area contributed by atoms with Gasteiger partial charge >= 0.3 is 11.9 Å². The van der Waals surface area contributed by atoms with Gasteiger partial charge in [-0.2, -0.15) is 0 Å². The molecule has 5 atom stereocenters. The largest absolute Gasteiger partial charge is 0.481 e. The molecule has 2 N–H and O–H groups in total. The zero-order valence-corrected chi connectivity index (χ0v) is 17.6. The Kier molecular flexibility index (Phi) is 5.51. The van der Waals surface area contributed by atoms with Crippen molar-refractivity contribution in [2.24, 2.45) is 29.6 Å². The lowest BCUT2D eigenvalue weighted by atomic mass is 9.82. The minimum Gasteiger partial charge on any atom is -0.481 e. The number of carboxylic acid groups (broad SMARTS) is 1. The molecule has 1 amide bonds. The number of amides is 1. The SMILES string of the molecule is CCCOC(=O)c1c(NC(=O)[C@@H]2[C@@H](C(=O)O)[C@H]3C=C[C@H]2C3)sc2c1CC[C@@H](C)C2. The number of aliphatic carboxylic acids is 1. The molecule has 0 unspecified atom stereocenters. The first-order chi connectivity index (χ1) is 13.9. The van der Waals surface area contributed by atoms with Crippen LogP contribution in [0.15, 0.2) is 12.2 Å². The minimum atomic E-state index is -0.927. The maximum Gasteiger partial charge on any atom is 0.341 e. The Morgan fingerprint density at radius 3 is 2.66 bits per heavy atom. The lowest BCUT2D eigenvalue weighted by Crippen LogP contribution is -2.36. The highest BCUT2D eigenvalue weighted by atomic mass is 32.1. The molecule has 0 spiro atoms. The Balaban J connectivity index is 1.62. The standard InChI is InChI=1S/C22H27NO5S/c1-3-8-28-22(27)18-14-7-4-11(2)9-15(14)29-20(18)23-19(24)16-12-5-6-13(10-12)17(16)21(25)26/h5-6,11-13,16-17H,3-4,7-10H2,1-2H3,(H,23,24)(H,25,26)/t11-,12+,13+,16+,17+/m1/s1. The zero-order valence-electron chi connectivity index (χ0n) is 16.8. The summed E-state index contributed by atoms with van der Waals surface area (Å²) in [5.74, 6) is -2.51. The smallest absolute Gasteiger partial charge is 0.341 e. The van der Waals surface area contributed by atoms with Gasteiger partial charge in [-0.1, -0.05) is 26.0 Å². The van der Waals surface area contributed by atoms with Crippen LogP contribution in [0.2, 0.25) is 0 Å². The fourth-order valence-electron chi connectivity index (χ4n) is 5.03.